The van der Waals surface area contributed by atoms with Gasteiger partial charge < -0.3 is 36.4 Å². The number of carbonyl (C=O) groups is 3. The van der Waals surface area contributed by atoms with Crippen LogP contribution >= 0.6 is 11.6 Å². The number of amides is 3. The molecule has 27 heavy (non-hydrogen) atoms. The van der Waals surface area contributed by atoms with Crippen molar-refractivity contribution in [1.82, 2.24) is 10.6 Å². The van der Waals surface area contributed by atoms with Gasteiger partial charge in [-0.15, -0.1) is 11.6 Å². The summed E-state index contributed by atoms with van der Waals surface area (Å²) in [5, 5.41) is 43.4. The van der Waals surface area contributed by atoms with Crippen molar-refractivity contribution in [3.8, 4) is 0 Å². The number of hydrogen-bond acceptors (Lipinski definition) is 7. The summed E-state index contributed by atoms with van der Waals surface area (Å²) < 4.78 is 0. The summed E-state index contributed by atoms with van der Waals surface area (Å²) in [6.45, 7) is -1.97. The highest BCUT2D eigenvalue weighted by Gasteiger charge is 2.18. The highest BCUT2D eigenvalue weighted by atomic mass is 35.5. The summed E-state index contributed by atoms with van der Waals surface area (Å²) in [6, 6.07) is 2.00. The fourth-order valence-corrected chi connectivity index (χ4v) is 2.06. The maximum Gasteiger partial charge on any atom is 0.251 e. The van der Waals surface area contributed by atoms with E-state index in [0.717, 1.165) is 0 Å². The predicted molar refractivity (Wildman–Crippen MR) is 96.6 cm³/mol. The Balaban J connectivity index is 3.17. The van der Waals surface area contributed by atoms with Crippen molar-refractivity contribution in [2.45, 2.75) is 12.1 Å². The molecule has 0 aliphatic heterocycles. The Morgan fingerprint density at radius 3 is 1.56 bits per heavy atom. The molecule has 0 spiro atoms. The predicted octanol–water partition coefficient (Wildman–Crippen LogP) is -1.97. The maximum atomic E-state index is 12.3. The van der Waals surface area contributed by atoms with Gasteiger partial charge in [-0.1, -0.05) is 0 Å². The lowest BCUT2D eigenvalue weighted by Gasteiger charge is -2.16. The number of nitrogens with one attached hydrogen (secondary N) is 3. The highest BCUT2D eigenvalue weighted by molar-refractivity contribution is 6.29. The zero-order valence-corrected chi connectivity index (χ0v) is 15.1. The number of carbonyl (C=O) groups excluding carboxylic acids is 3. The van der Waals surface area contributed by atoms with Crippen LogP contribution in [0.2, 0.25) is 0 Å². The Kier molecular flexibility index (Phi) is 9.68. The van der Waals surface area contributed by atoms with Crippen LogP contribution in [0.4, 0.5) is 5.69 Å². The number of anilines is 1. The van der Waals surface area contributed by atoms with E-state index >= 15 is 0 Å². The molecular weight excluding hydrogens is 382 g/mol. The Hall–Kier alpha value is -2.24. The van der Waals surface area contributed by atoms with E-state index in [1.807, 2.05) is 0 Å². The van der Waals surface area contributed by atoms with E-state index in [1.54, 1.807) is 0 Å². The maximum absolute atomic E-state index is 12.3. The first-order chi connectivity index (χ1) is 12.9. The minimum atomic E-state index is -0.899. The van der Waals surface area contributed by atoms with E-state index in [1.165, 1.54) is 18.2 Å². The van der Waals surface area contributed by atoms with Crippen LogP contribution in [0.15, 0.2) is 18.2 Å². The van der Waals surface area contributed by atoms with Gasteiger partial charge in [0.2, 0.25) is 5.91 Å². The number of aliphatic hydroxyl groups is 4. The summed E-state index contributed by atoms with van der Waals surface area (Å²) in [6.07, 6.45) is 0. The number of hydrogen-bond donors (Lipinski definition) is 7. The molecule has 10 nitrogen and oxygen atoms in total. The van der Waals surface area contributed by atoms with Gasteiger partial charge in [0.05, 0.1) is 38.5 Å². The van der Waals surface area contributed by atoms with E-state index in [0.29, 0.717) is 0 Å². The lowest BCUT2D eigenvalue weighted by atomic mass is 10.1. The fourth-order valence-electron chi connectivity index (χ4n) is 1.99. The summed E-state index contributed by atoms with van der Waals surface area (Å²) in [5.74, 6) is -2.29. The molecule has 1 rings (SSSR count). The van der Waals surface area contributed by atoms with E-state index in [4.69, 9.17) is 32.0 Å². The minimum absolute atomic E-state index is 0.0241. The summed E-state index contributed by atoms with van der Waals surface area (Å²) in [7, 11) is 0. The van der Waals surface area contributed by atoms with Crippen molar-refractivity contribution in [3.63, 3.8) is 0 Å². The number of alkyl halides is 1. The first-order valence-corrected chi connectivity index (χ1v) is 8.48. The molecule has 0 unspecified atom stereocenters. The van der Waals surface area contributed by atoms with E-state index in [-0.39, 0.29) is 22.7 Å². The fraction of sp³-hybridized carbons (Fsp3) is 0.438. The lowest BCUT2D eigenvalue weighted by molar-refractivity contribution is -0.113. The molecule has 1 aromatic rings. The van der Waals surface area contributed by atoms with Crippen molar-refractivity contribution in [2.75, 3.05) is 37.6 Å². The van der Waals surface area contributed by atoms with Gasteiger partial charge in [0, 0.05) is 16.8 Å². The molecule has 0 atom stereocenters. The zero-order chi connectivity index (χ0) is 20.4. The molecule has 0 aliphatic rings. The van der Waals surface area contributed by atoms with E-state index in [2.05, 4.69) is 16.0 Å². The molecule has 0 aromatic heterocycles. The van der Waals surface area contributed by atoms with Gasteiger partial charge in [-0.3, -0.25) is 14.4 Å². The third-order valence-electron chi connectivity index (χ3n) is 3.41. The molecule has 0 saturated carbocycles. The lowest BCUT2D eigenvalue weighted by Crippen LogP contribution is -2.41. The van der Waals surface area contributed by atoms with Crippen LogP contribution in [0.5, 0.6) is 0 Å². The van der Waals surface area contributed by atoms with Crippen LogP contribution in [0, 0.1) is 0 Å². The smallest absolute Gasteiger partial charge is 0.251 e. The second kappa shape index (κ2) is 11.5. The molecule has 3 amide bonds. The number of aliphatic hydroxyl groups excluding tert-OH is 4. The molecule has 7 N–H and O–H groups in total. The molecule has 150 valence electrons. The van der Waals surface area contributed by atoms with Gasteiger partial charge in [-0.2, -0.15) is 0 Å². The van der Waals surface area contributed by atoms with Crippen LogP contribution in [-0.2, 0) is 4.79 Å². The average molecular weight is 404 g/mol. The second-order valence-corrected chi connectivity index (χ2v) is 5.82. The standard InChI is InChI=1S/C16H22ClN3O7/c17-4-14(25)18-11-2-9(15(26)19-12(5-21)6-22)1-10(3-11)16(27)20-13(7-23)8-24/h1-3,12-13,21-24H,4-8H2,(H,18,25)(H,19,26)(H,20,27). The van der Waals surface area contributed by atoms with Gasteiger partial charge in [0.1, 0.15) is 5.88 Å². The van der Waals surface area contributed by atoms with Gasteiger partial charge in [-0.25, -0.2) is 0 Å². The van der Waals surface area contributed by atoms with E-state index in [9.17, 15) is 14.4 Å². The molecule has 0 heterocycles. The monoisotopic (exact) mass is 403 g/mol. The largest absolute Gasteiger partial charge is 0.394 e. The second-order valence-electron chi connectivity index (χ2n) is 5.55. The molecule has 0 saturated heterocycles. The molecule has 1 aromatic carbocycles. The molecule has 0 radical (unpaired) electrons. The van der Waals surface area contributed by atoms with Crippen LogP contribution < -0.4 is 16.0 Å². The summed E-state index contributed by atoms with van der Waals surface area (Å²) in [4.78, 5) is 36.1. The molecule has 0 fully saturated rings. The molecule has 11 heteroatoms. The first kappa shape index (κ1) is 22.8. The normalized spacial score (nSPS) is 10.8. The highest BCUT2D eigenvalue weighted by Crippen LogP contribution is 2.16. The van der Waals surface area contributed by atoms with Crippen LogP contribution in [-0.4, -0.2) is 82.5 Å². The first-order valence-electron chi connectivity index (χ1n) is 7.94. The van der Waals surface area contributed by atoms with Gasteiger partial charge in [-0.05, 0) is 18.2 Å². The van der Waals surface area contributed by atoms with Gasteiger partial charge in [0.25, 0.3) is 11.8 Å². The molecular formula is C16H22ClN3O7. The van der Waals surface area contributed by atoms with Crippen molar-refractivity contribution in [2.24, 2.45) is 0 Å². The SMILES string of the molecule is O=C(CCl)Nc1cc(C(=O)NC(CO)CO)cc(C(=O)NC(CO)CO)c1. The Labute approximate surface area is 160 Å². The van der Waals surface area contributed by atoms with Crippen molar-refractivity contribution < 1.29 is 34.8 Å². The topological polar surface area (TPSA) is 168 Å². The number of benzene rings is 1. The Morgan fingerprint density at radius 2 is 1.22 bits per heavy atom. The average Bonchev–Trinajstić information content (AvgIpc) is 2.69. The third kappa shape index (κ3) is 7.12. The molecule has 0 aliphatic carbocycles. The van der Waals surface area contributed by atoms with Crippen LogP contribution in [0.25, 0.3) is 0 Å². The number of rotatable bonds is 10. The third-order valence-corrected chi connectivity index (χ3v) is 3.66. The van der Waals surface area contributed by atoms with Crippen molar-refractivity contribution >= 4 is 35.0 Å². The van der Waals surface area contributed by atoms with Crippen LogP contribution in [0.1, 0.15) is 20.7 Å². The quantitative estimate of drug-likeness (QED) is 0.222. The Morgan fingerprint density at radius 1 is 0.815 bits per heavy atom. The van der Waals surface area contributed by atoms with Crippen molar-refractivity contribution in [1.29, 1.82) is 0 Å². The Bertz CT molecular complexity index is 619. The summed E-state index contributed by atoms with van der Waals surface area (Å²) in [5.41, 5.74) is 0.0699. The van der Waals surface area contributed by atoms with Crippen LogP contribution in [0.3, 0.4) is 0 Å². The molecule has 0 bridgehead atoms. The number of halogens is 1. The minimum Gasteiger partial charge on any atom is -0.394 e. The van der Waals surface area contributed by atoms with E-state index < -0.39 is 56.2 Å². The summed E-state index contributed by atoms with van der Waals surface area (Å²) >= 11 is 5.44. The zero-order valence-electron chi connectivity index (χ0n) is 14.3. The van der Waals surface area contributed by atoms with Gasteiger partial charge in [0.15, 0.2) is 0 Å². The van der Waals surface area contributed by atoms with Gasteiger partial charge >= 0.3 is 0 Å². The van der Waals surface area contributed by atoms with Crippen molar-refractivity contribution in [3.05, 3.63) is 29.3 Å².